The summed E-state index contributed by atoms with van der Waals surface area (Å²) in [7, 11) is 0. The number of halogens is 1. The van der Waals surface area contributed by atoms with Crippen LogP contribution in [0.3, 0.4) is 0 Å². The summed E-state index contributed by atoms with van der Waals surface area (Å²) in [5.41, 5.74) is 2.22. The highest BCUT2D eigenvalue weighted by atomic mass is 79.9. The van der Waals surface area contributed by atoms with E-state index in [9.17, 15) is 5.11 Å². The van der Waals surface area contributed by atoms with E-state index < -0.39 is 0 Å². The summed E-state index contributed by atoms with van der Waals surface area (Å²) < 4.78 is 1.02. The highest BCUT2D eigenvalue weighted by Crippen LogP contribution is 2.32. The van der Waals surface area contributed by atoms with Crippen molar-refractivity contribution in [1.29, 1.82) is 0 Å². The van der Waals surface area contributed by atoms with Gasteiger partial charge in [0.25, 0.3) is 0 Å². The lowest BCUT2D eigenvalue weighted by atomic mass is 9.91. The Hall–Kier alpha value is -0.340. The highest BCUT2D eigenvalue weighted by Gasteiger charge is 2.19. The van der Waals surface area contributed by atoms with Crippen LogP contribution in [0, 0.1) is 12.8 Å². The molecule has 1 aromatic carbocycles. The molecule has 0 spiro atoms. The van der Waals surface area contributed by atoms with Crippen molar-refractivity contribution >= 4 is 15.9 Å². The fourth-order valence-electron chi connectivity index (χ4n) is 1.86. The molecule has 0 fully saturated rings. The molecule has 0 amide bonds. The first-order valence-electron chi connectivity index (χ1n) is 5.54. The van der Waals surface area contributed by atoms with Crippen LogP contribution in [0.15, 0.2) is 22.7 Å². The Morgan fingerprint density at radius 1 is 1.27 bits per heavy atom. The summed E-state index contributed by atoms with van der Waals surface area (Å²) in [5.74, 6) is 0.351. The number of rotatable bonds is 4. The first-order chi connectivity index (χ1) is 7.10. The van der Waals surface area contributed by atoms with Gasteiger partial charge in [-0.25, -0.2) is 0 Å². The zero-order chi connectivity index (χ0) is 11.4. The maximum Gasteiger partial charge on any atom is 0.0828 e. The monoisotopic (exact) mass is 270 g/mol. The van der Waals surface area contributed by atoms with Crippen molar-refractivity contribution in [2.75, 3.05) is 0 Å². The summed E-state index contributed by atoms with van der Waals surface area (Å²) in [6.45, 7) is 6.30. The molecule has 0 saturated carbocycles. The predicted molar refractivity (Wildman–Crippen MR) is 67.9 cm³/mol. The molecule has 0 aliphatic rings. The van der Waals surface area contributed by atoms with Crippen LogP contribution in [0.25, 0.3) is 0 Å². The topological polar surface area (TPSA) is 20.2 Å². The molecule has 1 unspecified atom stereocenters. The van der Waals surface area contributed by atoms with Gasteiger partial charge < -0.3 is 5.11 Å². The Balaban J connectivity index is 2.94. The molecule has 0 radical (unpaired) electrons. The number of aliphatic hydroxyl groups is 1. The first-order valence-corrected chi connectivity index (χ1v) is 6.33. The van der Waals surface area contributed by atoms with Crippen LogP contribution in [0.2, 0.25) is 0 Å². The summed E-state index contributed by atoms with van der Waals surface area (Å²) >= 11 is 3.51. The molecule has 84 valence electrons. The Morgan fingerprint density at radius 3 is 2.33 bits per heavy atom. The molecule has 0 heterocycles. The zero-order valence-electron chi connectivity index (χ0n) is 9.63. The van der Waals surface area contributed by atoms with E-state index in [1.165, 1.54) is 5.56 Å². The van der Waals surface area contributed by atoms with E-state index in [4.69, 9.17) is 0 Å². The van der Waals surface area contributed by atoms with Gasteiger partial charge >= 0.3 is 0 Å². The van der Waals surface area contributed by atoms with Crippen molar-refractivity contribution in [3.63, 3.8) is 0 Å². The Labute approximate surface area is 101 Å². The van der Waals surface area contributed by atoms with Crippen LogP contribution in [-0.4, -0.2) is 5.11 Å². The van der Waals surface area contributed by atoms with Crippen LogP contribution < -0.4 is 0 Å². The van der Waals surface area contributed by atoms with Gasteiger partial charge in [-0.05, 0) is 30.0 Å². The average Bonchev–Trinajstić information content (AvgIpc) is 2.19. The minimum Gasteiger partial charge on any atom is -0.388 e. The van der Waals surface area contributed by atoms with Crippen LogP contribution in [0.1, 0.15) is 43.9 Å². The van der Waals surface area contributed by atoms with Crippen molar-refractivity contribution in [1.82, 2.24) is 0 Å². The maximum atomic E-state index is 10.2. The number of aliphatic hydroxyl groups excluding tert-OH is 1. The highest BCUT2D eigenvalue weighted by molar-refractivity contribution is 9.10. The van der Waals surface area contributed by atoms with E-state index in [0.29, 0.717) is 5.92 Å². The standard InChI is InChI=1S/C13H19BrO/c1-4-10(5-2)13(15)11-7-6-9(3)8-12(11)14/h6-8,10,13,15H,4-5H2,1-3H3. The van der Waals surface area contributed by atoms with E-state index in [0.717, 1.165) is 22.9 Å². The summed E-state index contributed by atoms with van der Waals surface area (Å²) in [5, 5.41) is 10.2. The zero-order valence-corrected chi connectivity index (χ0v) is 11.2. The number of benzene rings is 1. The SMILES string of the molecule is CCC(CC)C(O)c1ccc(C)cc1Br. The Bertz CT molecular complexity index is 318. The van der Waals surface area contributed by atoms with E-state index >= 15 is 0 Å². The summed E-state index contributed by atoms with van der Waals surface area (Å²) in [4.78, 5) is 0. The molecule has 15 heavy (non-hydrogen) atoms. The van der Waals surface area contributed by atoms with Gasteiger partial charge in [0, 0.05) is 4.47 Å². The van der Waals surface area contributed by atoms with Crippen molar-refractivity contribution in [2.24, 2.45) is 5.92 Å². The molecule has 0 aliphatic carbocycles. The van der Waals surface area contributed by atoms with E-state index in [2.05, 4.69) is 42.8 Å². The second-order valence-electron chi connectivity index (χ2n) is 4.05. The summed E-state index contributed by atoms with van der Waals surface area (Å²) in [6, 6.07) is 6.12. The quantitative estimate of drug-likeness (QED) is 0.869. The third-order valence-corrected chi connectivity index (χ3v) is 3.66. The third kappa shape index (κ3) is 3.05. The molecule has 0 aliphatic heterocycles. The molecule has 0 saturated heterocycles. The van der Waals surface area contributed by atoms with Gasteiger partial charge in [-0.3, -0.25) is 0 Å². The van der Waals surface area contributed by atoms with Crippen molar-refractivity contribution in [2.45, 2.75) is 39.7 Å². The second-order valence-corrected chi connectivity index (χ2v) is 4.90. The van der Waals surface area contributed by atoms with Gasteiger partial charge in [0.15, 0.2) is 0 Å². The van der Waals surface area contributed by atoms with Crippen LogP contribution in [-0.2, 0) is 0 Å². The van der Waals surface area contributed by atoms with Gasteiger partial charge in [-0.15, -0.1) is 0 Å². The molecule has 1 atom stereocenters. The third-order valence-electron chi connectivity index (χ3n) is 2.97. The van der Waals surface area contributed by atoms with Crippen molar-refractivity contribution in [3.8, 4) is 0 Å². The largest absolute Gasteiger partial charge is 0.388 e. The molecule has 1 aromatic rings. The number of hydrogen-bond acceptors (Lipinski definition) is 1. The van der Waals surface area contributed by atoms with E-state index in [1.807, 2.05) is 12.1 Å². The maximum absolute atomic E-state index is 10.2. The Morgan fingerprint density at radius 2 is 1.87 bits per heavy atom. The predicted octanol–water partition coefficient (Wildman–Crippen LogP) is 4.23. The van der Waals surface area contributed by atoms with Crippen LogP contribution in [0.4, 0.5) is 0 Å². The van der Waals surface area contributed by atoms with Gasteiger partial charge in [0.1, 0.15) is 0 Å². The van der Waals surface area contributed by atoms with Gasteiger partial charge in [0.2, 0.25) is 0 Å². The van der Waals surface area contributed by atoms with Gasteiger partial charge in [-0.2, -0.15) is 0 Å². The average molecular weight is 271 g/mol. The molecule has 1 N–H and O–H groups in total. The second kappa shape index (κ2) is 5.66. The van der Waals surface area contributed by atoms with Gasteiger partial charge in [-0.1, -0.05) is 54.8 Å². The number of aryl methyl sites for hydroxylation is 1. The molecular formula is C13H19BrO. The molecule has 0 bridgehead atoms. The lowest BCUT2D eigenvalue weighted by Crippen LogP contribution is -2.11. The van der Waals surface area contributed by atoms with Crippen molar-refractivity contribution in [3.05, 3.63) is 33.8 Å². The number of hydrogen-bond donors (Lipinski definition) is 1. The first kappa shape index (κ1) is 12.7. The molecular weight excluding hydrogens is 252 g/mol. The molecule has 1 rings (SSSR count). The molecule has 1 nitrogen and oxygen atoms in total. The fraction of sp³-hybridized carbons (Fsp3) is 0.538. The van der Waals surface area contributed by atoms with E-state index in [1.54, 1.807) is 0 Å². The Kier molecular flexibility index (Phi) is 4.81. The fourth-order valence-corrected chi connectivity index (χ4v) is 2.59. The summed E-state index contributed by atoms with van der Waals surface area (Å²) in [6.07, 6.45) is 1.67. The smallest absolute Gasteiger partial charge is 0.0828 e. The minimum absolute atomic E-state index is 0.351. The lowest BCUT2D eigenvalue weighted by molar-refractivity contribution is 0.103. The molecule has 2 heteroatoms. The van der Waals surface area contributed by atoms with E-state index in [-0.39, 0.29) is 6.10 Å². The van der Waals surface area contributed by atoms with Crippen molar-refractivity contribution < 1.29 is 5.11 Å². The van der Waals surface area contributed by atoms with Crippen LogP contribution >= 0.6 is 15.9 Å². The minimum atomic E-state index is -0.352. The normalized spacial score (nSPS) is 13.2. The van der Waals surface area contributed by atoms with Gasteiger partial charge in [0.05, 0.1) is 6.10 Å². The van der Waals surface area contributed by atoms with Crippen LogP contribution in [0.5, 0.6) is 0 Å². The molecule has 0 aromatic heterocycles. The lowest BCUT2D eigenvalue weighted by Gasteiger charge is -2.21.